The van der Waals surface area contributed by atoms with Crippen LogP contribution >= 0.6 is 12.2 Å². The molecule has 0 heterocycles. The first kappa shape index (κ1) is 16.0. The Hall–Kier alpha value is -2.40. The fraction of sp³-hybridized carbons (Fsp3) is 0.176. The molecule has 4 nitrogen and oxygen atoms in total. The van der Waals surface area contributed by atoms with Crippen molar-refractivity contribution in [2.24, 2.45) is 5.10 Å². The predicted molar refractivity (Wildman–Crippen MR) is 94.3 cm³/mol. The maximum atomic E-state index is 5.92. The molecule has 2 aromatic carbocycles. The molecule has 0 saturated carbocycles. The molecule has 0 radical (unpaired) electrons. The number of hydrogen-bond acceptors (Lipinski definition) is 3. The predicted octanol–water partition coefficient (Wildman–Crippen LogP) is 3.00. The van der Waals surface area contributed by atoms with Crippen LogP contribution in [0.1, 0.15) is 16.7 Å². The van der Waals surface area contributed by atoms with Crippen molar-refractivity contribution in [2.75, 3.05) is 7.05 Å². The molecule has 2 N–H and O–H groups in total. The van der Waals surface area contributed by atoms with E-state index in [0.717, 1.165) is 11.3 Å². The van der Waals surface area contributed by atoms with Gasteiger partial charge in [0.15, 0.2) is 5.11 Å². The molecule has 5 heteroatoms. The smallest absolute Gasteiger partial charge is 0.186 e. The van der Waals surface area contributed by atoms with Crippen molar-refractivity contribution in [1.29, 1.82) is 0 Å². The van der Waals surface area contributed by atoms with Gasteiger partial charge in [-0.1, -0.05) is 36.4 Å². The van der Waals surface area contributed by atoms with Crippen molar-refractivity contribution in [3.05, 3.63) is 65.2 Å². The van der Waals surface area contributed by atoms with Gasteiger partial charge in [-0.05, 0) is 42.4 Å². The van der Waals surface area contributed by atoms with Gasteiger partial charge in [-0.15, -0.1) is 0 Å². The number of benzene rings is 2. The topological polar surface area (TPSA) is 45.7 Å². The fourth-order valence-corrected chi connectivity index (χ4v) is 1.92. The Bertz CT molecular complexity index is 670. The van der Waals surface area contributed by atoms with E-state index in [4.69, 9.17) is 17.0 Å². The Morgan fingerprint density at radius 3 is 2.68 bits per heavy atom. The fourth-order valence-electron chi connectivity index (χ4n) is 1.86. The summed E-state index contributed by atoms with van der Waals surface area (Å²) in [7, 11) is 1.74. The molecule has 0 atom stereocenters. The van der Waals surface area contributed by atoms with E-state index in [1.54, 1.807) is 13.3 Å². The Balaban J connectivity index is 2.05. The third kappa shape index (κ3) is 4.56. The van der Waals surface area contributed by atoms with E-state index in [-0.39, 0.29) is 0 Å². The molecule has 22 heavy (non-hydrogen) atoms. The molecule has 0 spiro atoms. The molecule has 2 rings (SSSR count). The van der Waals surface area contributed by atoms with E-state index in [2.05, 4.69) is 34.9 Å². The second-order valence-corrected chi connectivity index (χ2v) is 5.11. The summed E-state index contributed by atoms with van der Waals surface area (Å²) in [6.07, 6.45) is 1.69. The van der Waals surface area contributed by atoms with E-state index >= 15 is 0 Å². The van der Waals surface area contributed by atoms with Gasteiger partial charge in [-0.2, -0.15) is 5.10 Å². The number of nitrogens with zero attached hydrogens (tertiary/aromatic N) is 1. The quantitative estimate of drug-likeness (QED) is 0.506. The first-order valence-corrected chi connectivity index (χ1v) is 7.38. The van der Waals surface area contributed by atoms with Crippen molar-refractivity contribution >= 4 is 23.5 Å². The van der Waals surface area contributed by atoms with Crippen LogP contribution in [0.15, 0.2) is 53.6 Å². The molecule has 0 bridgehead atoms. The zero-order valence-corrected chi connectivity index (χ0v) is 13.5. The minimum absolute atomic E-state index is 0.467. The van der Waals surface area contributed by atoms with Crippen LogP contribution in [0.2, 0.25) is 0 Å². The number of hydrazone groups is 1. The lowest BCUT2D eigenvalue weighted by Gasteiger charge is -2.10. The number of ether oxygens (including phenoxy) is 1. The molecule has 0 saturated heterocycles. The Labute approximate surface area is 136 Å². The molecule has 114 valence electrons. The van der Waals surface area contributed by atoms with Crippen LogP contribution in [0.25, 0.3) is 0 Å². The Morgan fingerprint density at radius 2 is 1.91 bits per heavy atom. The van der Waals surface area contributed by atoms with Gasteiger partial charge in [0, 0.05) is 12.6 Å². The molecule has 0 aliphatic heterocycles. The molecule has 2 aromatic rings. The van der Waals surface area contributed by atoms with Gasteiger partial charge in [-0.25, -0.2) is 0 Å². The molecule has 0 fully saturated rings. The van der Waals surface area contributed by atoms with Gasteiger partial charge in [0.25, 0.3) is 0 Å². The van der Waals surface area contributed by atoms with E-state index < -0.39 is 0 Å². The molecule has 0 amide bonds. The van der Waals surface area contributed by atoms with Crippen LogP contribution in [0, 0.1) is 6.92 Å². The molecule has 0 aliphatic rings. The van der Waals surface area contributed by atoms with E-state index in [0.29, 0.717) is 11.7 Å². The second-order valence-electron chi connectivity index (χ2n) is 4.70. The minimum Gasteiger partial charge on any atom is -0.488 e. The summed E-state index contributed by atoms with van der Waals surface area (Å²) in [6.45, 7) is 2.61. The van der Waals surface area contributed by atoms with Gasteiger partial charge in [0.1, 0.15) is 12.4 Å². The highest BCUT2D eigenvalue weighted by atomic mass is 32.1. The van der Waals surface area contributed by atoms with Crippen LogP contribution < -0.4 is 15.5 Å². The van der Waals surface area contributed by atoms with Crippen molar-refractivity contribution < 1.29 is 4.74 Å². The van der Waals surface area contributed by atoms with E-state index in [1.807, 2.05) is 36.4 Å². The third-order valence-electron chi connectivity index (χ3n) is 3.16. The highest BCUT2D eigenvalue weighted by Gasteiger charge is 2.03. The average molecular weight is 313 g/mol. The zero-order valence-electron chi connectivity index (χ0n) is 12.7. The summed E-state index contributed by atoms with van der Waals surface area (Å²) in [5, 5.41) is 7.35. The molecular weight excluding hydrogens is 294 g/mol. The number of thiocarbonyl (C=S) groups is 1. The van der Waals surface area contributed by atoms with Crippen LogP contribution in [0.5, 0.6) is 5.75 Å². The standard InChI is InChI=1S/C17H19N3OS/c1-13-7-3-4-9-15(13)12-21-16-10-6-5-8-14(16)11-19-20-17(22)18-2/h3-11H,12H2,1-2H3,(H2,18,20,22). The van der Waals surface area contributed by atoms with Gasteiger partial charge in [0.05, 0.1) is 6.21 Å². The average Bonchev–Trinajstić information content (AvgIpc) is 2.55. The van der Waals surface area contributed by atoms with E-state index in [1.165, 1.54) is 11.1 Å². The Morgan fingerprint density at radius 1 is 1.18 bits per heavy atom. The van der Waals surface area contributed by atoms with Gasteiger partial charge < -0.3 is 10.1 Å². The summed E-state index contributed by atoms with van der Waals surface area (Å²) in [4.78, 5) is 0. The minimum atomic E-state index is 0.467. The zero-order chi connectivity index (χ0) is 15.8. The molecule has 0 aromatic heterocycles. The summed E-state index contributed by atoms with van der Waals surface area (Å²) in [5.74, 6) is 0.784. The van der Waals surface area contributed by atoms with Crippen molar-refractivity contribution in [3.8, 4) is 5.75 Å². The lowest BCUT2D eigenvalue weighted by Crippen LogP contribution is -2.28. The number of aryl methyl sites for hydroxylation is 1. The lowest BCUT2D eigenvalue weighted by atomic mass is 10.1. The lowest BCUT2D eigenvalue weighted by molar-refractivity contribution is 0.305. The first-order valence-electron chi connectivity index (χ1n) is 6.98. The van der Waals surface area contributed by atoms with Crippen molar-refractivity contribution in [2.45, 2.75) is 13.5 Å². The Kier molecular flexibility index (Phi) is 5.91. The third-order valence-corrected chi connectivity index (χ3v) is 3.46. The van der Waals surface area contributed by atoms with Crippen LogP contribution in [0.4, 0.5) is 0 Å². The number of rotatable bonds is 5. The summed E-state index contributed by atoms with van der Waals surface area (Å²) in [5.41, 5.74) is 6.00. The first-order chi connectivity index (χ1) is 10.7. The van der Waals surface area contributed by atoms with Gasteiger partial charge >= 0.3 is 0 Å². The highest BCUT2D eigenvalue weighted by molar-refractivity contribution is 7.80. The van der Waals surface area contributed by atoms with Gasteiger partial charge in [0.2, 0.25) is 0 Å². The molecule has 0 unspecified atom stereocenters. The molecule has 0 aliphatic carbocycles. The largest absolute Gasteiger partial charge is 0.488 e. The van der Waals surface area contributed by atoms with Crippen LogP contribution in [-0.4, -0.2) is 18.4 Å². The highest BCUT2D eigenvalue weighted by Crippen LogP contribution is 2.18. The maximum Gasteiger partial charge on any atom is 0.186 e. The SMILES string of the molecule is CNC(=S)NN=Cc1ccccc1OCc1ccccc1C. The summed E-state index contributed by atoms with van der Waals surface area (Å²) in [6, 6.07) is 15.9. The number of nitrogens with one attached hydrogen (secondary N) is 2. The normalized spacial score (nSPS) is 10.5. The van der Waals surface area contributed by atoms with Crippen molar-refractivity contribution in [3.63, 3.8) is 0 Å². The maximum absolute atomic E-state index is 5.92. The van der Waals surface area contributed by atoms with Crippen molar-refractivity contribution in [1.82, 2.24) is 10.7 Å². The molecular formula is C17H19N3OS. The number of para-hydroxylation sites is 1. The van der Waals surface area contributed by atoms with Gasteiger partial charge in [-0.3, -0.25) is 5.43 Å². The monoisotopic (exact) mass is 313 g/mol. The second kappa shape index (κ2) is 8.14. The van der Waals surface area contributed by atoms with Crippen LogP contribution in [-0.2, 0) is 6.61 Å². The summed E-state index contributed by atoms with van der Waals surface area (Å²) < 4.78 is 5.92. The number of hydrogen-bond donors (Lipinski definition) is 2. The van der Waals surface area contributed by atoms with Crippen LogP contribution in [0.3, 0.4) is 0 Å². The van der Waals surface area contributed by atoms with E-state index in [9.17, 15) is 0 Å². The summed E-state index contributed by atoms with van der Waals surface area (Å²) >= 11 is 4.97.